The molecule has 0 amide bonds. The highest BCUT2D eigenvalue weighted by Gasteiger charge is 2.13. The number of pyridine rings is 1. The van der Waals surface area contributed by atoms with E-state index in [1.807, 2.05) is 30.3 Å². The molecule has 0 fully saturated rings. The zero-order chi connectivity index (χ0) is 13.2. The van der Waals surface area contributed by atoms with Crippen molar-refractivity contribution in [1.82, 2.24) is 15.0 Å². The molecule has 1 aromatic carbocycles. The summed E-state index contributed by atoms with van der Waals surface area (Å²) in [6.45, 7) is 0. The summed E-state index contributed by atoms with van der Waals surface area (Å²) in [5.41, 5.74) is 2.33. The average molecular weight is 270 g/mol. The highest BCUT2D eigenvalue weighted by Crippen LogP contribution is 2.29. The molecular weight excluding hydrogens is 262 g/mol. The highest BCUT2D eigenvalue weighted by atomic mass is 35.5. The largest absolute Gasteiger partial charge is 0.298 e. The molecule has 0 spiro atoms. The average Bonchev–Trinajstić information content (AvgIpc) is 2.46. The molecule has 0 aliphatic carbocycles. The lowest BCUT2D eigenvalue weighted by molar-refractivity contribution is 0.112. The van der Waals surface area contributed by atoms with Gasteiger partial charge in [-0.25, -0.2) is 9.97 Å². The van der Waals surface area contributed by atoms with Crippen molar-refractivity contribution < 1.29 is 4.79 Å². The van der Waals surface area contributed by atoms with Crippen molar-refractivity contribution in [2.24, 2.45) is 0 Å². The first kappa shape index (κ1) is 11.7. The van der Waals surface area contributed by atoms with Gasteiger partial charge in [0.2, 0.25) is 0 Å². The van der Waals surface area contributed by atoms with E-state index >= 15 is 0 Å². The maximum Gasteiger partial charge on any atom is 0.155 e. The van der Waals surface area contributed by atoms with Crippen molar-refractivity contribution in [3.8, 4) is 11.3 Å². The Morgan fingerprint density at radius 3 is 2.74 bits per heavy atom. The van der Waals surface area contributed by atoms with Crippen LogP contribution in [0.3, 0.4) is 0 Å². The number of aldehydes is 1. The van der Waals surface area contributed by atoms with Crippen LogP contribution in [0, 0.1) is 0 Å². The topological polar surface area (TPSA) is 55.7 Å². The van der Waals surface area contributed by atoms with E-state index < -0.39 is 0 Å². The Morgan fingerprint density at radius 2 is 1.89 bits per heavy atom. The maximum absolute atomic E-state index is 11.2. The number of carbonyl (C=O) groups excluding carboxylic acids is 1. The summed E-state index contributed by atoms with van der Waals surface area (Å²) < 4.78 is 0. The Hall–Kier alpha value is -2.33. The van der Waals surface area contributed by atoms with E-state index in [0.717, 1.165) is 16.5 Å². The number of nitrogens with zero attached hydrogens (tertiary/aromatic N) is 3. The molecule has 0 saturated heterocycles. The van der Waals surface area contributed by atoms with Gasteiger partial charge in [0.25, 0.3) is 0 Å². The molecule has 0 unspecified atom stereocenters. The van der Waals surface area contributed by atoms with Crippen molar-refractivity contribution in [3.05, 3.63) is 53.6 Å². The van der Waals surface area contributed by atoms with Gasteiger partial charge in [0, 0.05) is 17.1 Å². The fourth-order valence-corrected chi connectivity index (χ4v) is 2.17. The number of carbonyl (C=O) groups is 1. The van der Waals surface area contributed by atoms with Gasteiger partial charge in [0.1, 0.15) is 11.5 Å². The Kier molecular flexibility index (Phi) is 2.93. The van der Waals surface area contributed by atoms with Gasteiger partial charge in [-0.15, -0.1) is 0 Å². The van der Waals surface area contributed by atoms with E-state index in [1.54, 1.807) is 6.20 Å². The molecule has 2 heterocycles. The van der Waals surface area contributed by atoms with Crippen LogP contribution in [0.1, 0.15) is 10.4 Å². The number of fused-ring (bicyclic) bond motifs is 1. The van der Waals surface area contributed by atoms with Gasteiger partial charge in [-0.1, -0.05) is 35.9 Å². The lowest BCUT2D eigenvalue weighted by atomic mass is 10.0. The third-order valence-corrected chi connectivity index (χ3v) is 3.14. The van der Waals surface area contributed by atoms with Crippen molar-refractivity contribution >= 4 is 28.8 Å². The normalized spacial score (nSPS) is 10.6. The third kappa shape index (κ3) is 1.96. The molecule has 3 rings (SSSR count). The zero-order valence-corrected chi connectivity index (χ0v) is 10.5. The second kappa shape index (κ2) is 4.74. The van der Waals surface area contributed by atoms with Crippen LogP contribution in [0.2, 0.25) is 5.15 Å². The lowest BCUT2D eigenvalue weighted by Gasteiger charge is -2.07. The summed E-state index contributed by atoms with van der Waals surface area (Å²) in [6.07, 6.45) is 3.71. The molecule has 0 radical (unpaired) electrons. The molecular formula is C14H8ClN3O. The molecule has 2 aromatic heterocycles. The van der Waals surface area contributed by atoms with Crippen molar-refractivity contribution in [3.63, 3.8) is 0 Å². The highest BCUT2D eigenvalue weighted by molar-refractivity contribution is 6.32. The first-order valence-corrected chi connectivity index (χ1v) is 5.99. The summed E-state index contributed by atoms with van der Waals surface area (Å²) >= 11 is 5.93. The molecule has 5 heteroatoms. The zero-order valence-electron chi connectivity index (χ0n) is 9.75. The molecule has 0 bridgehead atoms. The fraction of sp³-hybridized carbons (Fsp3) is 0. The number of benzene rings is 1. The molecule has 0 saturated carbocycles. The number of hydrogen-bond acceptors (Lipinski definition) is 4. The number of halogens is 1. The minimum atomic E-state index is 0.146. The molecule has 92 valence electrons. The van der Waals surface area contributed by atoms with E-state index in [4.69, 9.17) is 11.6 Å². The SMILES string of the molecule is O=Cc1c(Cl)ncnc1-c1cccc2cccnc12. The van der Waals surface area contributed by atoms with E-state index in [2.05, 4.69) is 15.0 Å². The first-order valence-electron chi connectivity index (χ1n) is 5.61. The van der Waals surface area contributed by atoms with Crippen molar-refractivity contribution in [2.75, 3.05) is 0 Å². The van der Waals surface area contributed by atoms with Crippen LogP contribution < -0.4 is 0 Å². The summed E-state index contributed by atoms with van der Waals surface area (Å²) in [7, 11) is 0. The molecule has 0 atom stereocenters. The summed E-state index contributed by atoms with van der Waals surface area (Å²) in [5, 5.41) is 1.12. The standard InChI is InChI=1S/C14H8ClN3O/c15-14-11(7-19)13(17-8-18-14)10-5-1-3-9-4-2-6-16-12(9)10/h1-8H. The van der Waals surface area contributed by atoms with Crippen LogP contribution in [0.5, 0.6) is 0 Å². The van der Waals surface area contributed by atoms with E-state index in [-0.39, 0.29) is 10.7 Å². The van der Waals surface area contributed by atoms with Crippen LogP contribution >= 0.6 is 11.6 Å². The molecule has 19 heavy (non-hydrogen) atoms. The second-order valence-corrected chi connectivity index (χ2v) is 4.28. The van der Waals surface area contributed by atoms with Crippen LogP contribution in [-0.2, 0) is 0 Å². The molecule has 0 N–H and O–H groups in total. The van der Waals surface area contributed by atoms with Crippen LogP contribution in [0.25, 0.3) is 22.2 Å². The van der Waals surface area contributed by atoms with Gasteiger partial charge >= 0.3 is 0 Å². The number of para-hydroxylation sites is 1. The van der Waals surface area contributed by atoms with Crippen molar-refractivity contribution in [2.45, 2.75) is 0 Å². The predicted octanol–water partition coefficient (Wildman–Crippen LogP) is 3.16. The van der Waals surface area contributed by atoms with Crippen LogP contribution in [0.15, 0.2) is 42.9 Å². The maximum atomic E-state index is 11.2. The van der Waals surface area contributed by atoms with Gasteiger partial charge in [-0.05, 0) is 6.07 Å². The number of rotatable bonds is 2. The third-order valence-electron chi connectivity index (χ3n) is 2.84. The van der Waals surface area contributed by atoms with Gasteiger partial charge in [0.15, 0.2) is 6.29 Å². The van der Waals surface area contributed by atoms with Gasteiger partial charge < -0.3 is 0 Å². The van der Waals surface area contributed by atoms with E-state index in [9.17, 15) is 4.79 Å². The van der Waals surface area contributed by atoms with Gasteiger partial charge in [-0.3, -0.25) is 9.78 Å². The van der Waals surface area contributed by atoms with Gasteiger partial charge in [-0.2, -0.15) is 0 Å². The number of hydrogen-bond donors (Lipinski definition) is 0. The Labute approximate surface area is 114 Å². The quantitative estimate of drug-likeness (QED) is 0.530. The molecule has 0 aliphatic rings. The molecule has 0 aliphatic heterocycles. The Morgan fingerprint density at radius 1 is 1.05 bits per heavy atom. The predicted molar refractivity (Wildman–Crippen MR) is 73.2 cm³/mol. The minimum Gasteiger partial charge on any atom is -0.298 e. The van der Waals surface area contributed by atoms with E-state index in [0.29, 0.717) is 12.0 Å². The molecule has 3 aromatic rings. The number of aromatic nitrogens is 3. The van der Waals surface area contributed by atoms with Crippen molar-refractivity contribution in [1.29, 1.82) is 0 Å². The second-order valence-electron chi connectivity index (χ2n) is 3.93. The van der Waals surface area contributed by atoms with E-state index in [1.165, 1.54) is 6.33 Å². The Balaban J connectivity index is 2.37. The summed E-state index contributed by atoms with van der Waals surface area (Å²) in [6, 6.07) is 9.52. The fourth-order valence-electron chi connectivity index (χ4n) is 1.99. The van der Waals surface area contributed by atoms with Crippen LogP contribution in [-0.4, -0.2) is 21.2 Å². The lowest BCUT2D eigenvalue weighted by Crippen LogP contribution is -1.96. The van der Waals surface area contributed by atoms with Gasteiger partial charge in [0.05, 0.1) is 16.8 Å². The summed E-state index contributed by atoms with van der Waals surface area (Å²) in [5.74, 6) is 0. The first-order chi connectivity index (χ1) is 9.31. The summed E-state index contributed by atoms with van der Waals surface area (Å²) in [4.78, 5) is 23.5. The smallest absolute Gasteiger partial charge is 0.155 e. The minimum absolute atomic E-state index is 0.146. The molecule has 4 nitrogen and oxygen atoms in total. The van der Waals surface area contributed by atoms with Crippen LogP contribution in [0.4, 0.5) is 0 Å². The Bertz CT molecular complexity index is 768. The monoisotopic (exact) mass is 269 g/mol.